The van der Waals surface area contributed by atoms with E-state index in [1.54, 1.807) is 0 Å². The second kappa shape index (κ2) is 13.7. The van der Waals surface area contributed by atoms with Crippen molar-refractivity contribution in [2.24, 2.45) is 0 Å². The molecule has 9 aromatic rings. The first kappa shape index (κ1) is 35.2. The number of benzene rings is 9. The van der Waals surface area contributed by atoms with E-state index in [9.17, 15) is 0 Å². The van der Waals surface area contributed by atoms with Gasteiger partial charge >= 0.3 is 0 Å². The van der Waals surface area contributed by atoms with E-state index in [0.717, 1.165) is 19.3 Å². The lowest BCUT2D eigenvalue weighted by molar-refractivity contribution is 1.26. The maximum Gasteiger partial charge on any atom is -0.000719 e. The van der Waals surface area contributed by atoms with Crippen LogP contribution in [-0.2, 0) is 19.3 Å². The van der Waals surface area contributed by atoms with Crippen LogP contribution >= 0.6 is 0 Å². The molecule has 9 aromatic carbocycles. The van der Waals surface area contributed by atoms with Gasteiger partial charge in [0.15, 0.2) is 0 Å². The molecular weight excluding hydrogens is 685 g/mol. The lowest BCUT2D eigenvalue weighted by Gasteiger charge is -2.06. The number of aryl methyl sites for hydroxylation is 6. The minimum atomic E-state index is 1.07. The highest BCUT2D eigenvalue weighted by Crippen LogP contribution is 2.43. The van der Waals surface area contributed by atoms with Crippen LogP contribution in [-0.4, -0.2) is 0 Å². The molecule has 0 N–H and O–H groups in total. The van der Waals surface area contributed by atoms with Gasteiger partial charge in [0.05, 0.1) is 0 Å². The van der Waals surface area contributed by atoms with Crippen LogP contribution in [0.4, 0.5) is 0 Å². The number of fused-ring (bicyclic) bond motifs is 14. The van der Waals surface area contributed by atoms with Gasteiger partial charge in [-0.05, 0) is 166 Å². The molecule has 0 aromatic heterocycles. The Labute approximate surface area is 337 Å². The topological polar surface area (TPSA) is 0 Å². The summed E-state index contributed by atoms with van der Waals surface area (Å²) in [6.45, 7) is 13.0. The number of rotatable bonds is 0. The van der Waals surface area contributed by atoms with Crippen LogP contribution in [0.3, 0.4) is 0 Å². The van der Waals surface area contributed by atoms with Crippen molar-refractivity contribution in [3.8, 4) is 33.4 Å². The summed E-state index contributed by atoms with van der Waals surface area (Å²) in [5.74, 6) is 0. The smallest absolute Gasteiger partial charge is 0.000719 e. The monoisotopic (exact) mass is 732 g/mol. The summed E-state index contributed by atoms with van der Waals surface area (Å²) in [6, 6.07) is 54.6. The first-order valence-corrected chi connectivity index (χ1v) is 20.5. The average Bonchev–Trinajstić information content (AvgIpc) is 3.87. The van der Waals surface area contributed by atoms with Crippen LogP contribution in [0.15, 0.2) is 146 Å². The van der Waals surface area contributed by atoms with E-state index in [-0.39, 0.29) is 0 Å². The van der Waals surface area contributed by atoms with Crippen molar-refractivity contribution in [2.75, 3.05) is 0 Å². The summed E-state index contributed by atoms with van der Waals surface area (Å²) < 4.78 is 0. The molecule has 3 aliphatic carbocycles. The summed E-state index contributed by atoms with van der Waals surface area (Å²) in [4.78, 5) is 0. The zero-order valence-electron chi connectivity index (χ0n) is 34.0. The quantitative estimate of drug-likeness (QED) is 0.146. The highest BCUT2D eigenvalue weighted by atomic mass is 14.3. The molecule has 57 heavy (non-hydrogen) atoms. The molecule has 0 aliphatic heterocycles. The lowest BCUT2D eigenvalue weighted by Crippen LogP contribution is -1.85. The molecule has 0 heteroatoms. The molecule has 0 atom stereocenters. The van der Waals surface area contributed by atoms with Crippen molar-refractivity contribution >= 4 is 32.3 Å². The molecule has 0 heterocycles. The normalized spacial score (nSPS) is 12.5. The van der Waals surface area contributed by atoms with Crippen LogP contribution in [0.25, 0.3) is 65.7 Å². The van der Waals surface area contributed by atoms with Gasteiger partial charge in [-0.15, -0.1) is 0 Å². The fraction of sp³-hybridized carbons (Fsp3) is 0.158. The fourth-order valence-corrected chi connectivity index (χ4v) is 9.68. The molecule has 3 aliphatic rings. The molecule has 12 rings (SSSR count). The summed E-state index contributed by atoms with van der Waals surface area (Å²) in [7, 11) is 0. The van der Waals surface area contributed by atoms with Crippen molar-refractivity contribution in [3.63, 3.8) is 0 Å². The molecule has 0 radical (unpaired) electrons. The Kier molecular flexibility index (Phi) is 8.49. The molecule has 276 valence electrons. The molecule has 0 saturated carbocycles. The minimum Gasteiger partial charge on any atom is -0.0590 e. The van der Waals surface area contributed by atoms with Gasteiger partial charge in [-0.2, -0.15) is 0 Å². The lowest BCUT2D eigenvalue weighted by atomic mass is 9.98. The summed E-state index contributed by atoms with van der Waals surface area (Å²) in [5, 5.41) is 8.27. The van der Waals surface area contributed by atoms with Crippen LogP contribution in [0.2, 0.25) is 0 Å². The maximum atomic E-state index is 2.37. The van der Waals surface area contributed by atoms with E-state index < -0.39 is 0 Å². The largest absolute Gasteiger partial charge is 0.0590 e. The minimum absolute atomic E-state index is 1.07. The van der Waals surface area contributed by atoms with Crippen molar-refractivity contribution in [1.29, 1.82) is 0 Å². The third-order valence-corrected chi connectivity index (χ3v) is 12.6. The Morgan fingerprint density at radius 3 is 1.30 bits per heavy atom. The van der Waals surface area contributed by atoms with Gasteiger partial charge in [-0.25, -0.2) is 0 Å². The molecule has 0 saturated heterocycles. The zero-order chi connectivity index (χ0) is 38.9. The van der Waals surface area contributed by atoms with E-state index >= 15 is 0 Å². The molecule has 0 nitrogen and oxygen atoms in total. The van der Waals surface area contributed by atoms with Gasteiger partial charge in [0.1, 0.15) is 0 Å². The van der Waals surface area contributed by atoms with E-state index in [1.807, 2.05) is 0 Å². The van der Waals surface area contributed by atoms with Crippen molar-refractivity contribution in [2.45, 2.75) is 60.8 Å². The molecule has 0 amide bonds. The SMILES string of the molecule is Cc1ccc2c(c1)-c1cc3ccc(C)cc3cc1C2.Cc1ccc2c(c1)-c1ccc3cc(C)ccc3c1C2.Cc1ccc2c(c1)Cc1c-2ccc2cc(C)ccc12. The number of hydrogen-bond acceptors (Lipinski definition) is 0. The summed E-state index contributed by atoms with van der Waals surface area (Å²) >= 11 is 0. The van der Waals surface area contributed by atoms with Gasteiger partial charge in [0.25, 0.3) is 0 Å². The highest BCUT2D eigenvalue weighted by molar-refractivity contribution is 5.97. The average molecular weight is 733 g/mol. The predicted octanol–water partition coefficient (Wildman–Crippen LogP) is 15.1. The van der Waals surface area contributed by atoms with E-state index in [0.29, 0.717) is 0 Å². The Morgan fingerprint density at radius 1 is 0.246 bits per heavy atom. The van der Waals surface area contributed by atoms with E-state index in [4.69, 9.17) is 0 Å². The van der Waals surface area contributed by atoms with Crippen LogP contribution in [0.1, 0.15) is 66.8 Å². The van der Waals surface area contributed by atoms with E-state index in [2.05, 4.69) is 187 Å². The third-order valence-electron chi connectivity index (χ3n) is 12.6. The Hall–Kier alpha value is -6.24. The second-order valence-electron chi connectivity index (χ2n) is 17.0. The summed E-state index contributed by atoms with van der Waals surface area (Å²) in [6.07, 6.45) is 3.23. The first-order valence-electron chi connectivity index (χ1n) is 20.5. The molecule has 0 spiro atoms. The van der Waals surface area contributed by atoms with Crippen molar-refractivity contribution in [3.05, 3.63) is 212 Å². The van der Waals surface area contributed by atoms with Gasteiger partial charge in [-0.3, -0.25) is 0 Å². The van der Waals surface area contributed by atoms with Crippen LogP contribution < -0.4 is 0 Å². The van der Waals surface area contributed by atoms with Gasteiger partial charge < -0.3 is 0 Å². The Morgan fingerprint density at radius 2 is 0.649 bits per heavy atom. The zero-order valence-corrected chi connectivity index (χ0v) is 34.0. The molecule has 0 bridgehead atoms. The fourth-order valence-electron chi connectivity index (χ4n) is 9.68. The Bertz CT molecular complexity index is 3080. The molecule has 0 unspecified atom stereocenters. The van der Waals surface area contributed by atoms with Crippen molar-refractivity contribution < 1.29 is 0 Å². The third kappa shape index (κ3) is 6.34. The molecule has 0 fully saturated rings. The van der Waals surface area contributed by atoms with Gasteiger partial charge in [0, 0.05) is 0 Å². The van der Waals surface area contributed by atoms with Crippen LogP contribution in [0.5, 0.6) is 0 Å². The number of hydrogen-bond donors (Lipinski definition) is 0. The van der Waals surface area contributed by atoms with Gasteiger partial charge in [-0.1, -0.05) is 173 Å². The highest BCUT2D eigenvalue weighted by Gasteiger charge is 2.22. The molecular formula is C57H48. The standard InChI is InChI=1S/3C19H16/c1-12-3-6-16-14(9-12)5-8-18-17-7-4-13(2)10-15(17)11-19(16)18;1-12-4-7-16-14(9-12)6-8-17-18-10-13(2)3-5-15(18)11-19(16)17;1-12-3-5-14-11-19-17(10-16(14)7-12)9-15-6-4-13(2)8-18(15)19/h2*3-10H,11H2,1-2H3;3-8,10-11H,9H2,1-2H3. The van der Waals surface area contributed by atoms with Crippen LogP contribution in [0, 0.1) is 41.5 Å². The van der Waals surface area contributed by atoms with E-state index in [1.165, 1.54) is 132 Å². The van der Waals surface area contributed by atoms with Gasteiger partial charge in [0.2, 0.25) is 0 Å². The van der Waals surface area contributed by atoms with Crippen molar-refractivity contribution in [1.82, 2.24) is 0 Å². The maximum absolute atomic E-state index is 2.37. The second-order valence-corrected chi connectivity index (χ2v) is 17.0. The Balaban J connectivity index is 0.000000104. The first-order chi connectivity index (χ1) is 27.6. The summed E-state index contributed by atoms with van der Waals surface area (Å²) in [5.41, 5.74) is 25.5. The predicted molar refractivity (Wildman–Crippen MR) is 245 cm³/mol.